The summed E-state index contributed by atoms with van der Waals surface area (Å²) in [5.74, 6) is 0.768. The molecule has 3 nitrogen and oxygen atoms in total. The molecule has 0 unspecified atom stereocenters. The predicted octanol–water partition coefficient (Wildman–Crippen LogP) is 4.56. The Bertz CT molecular complexity index is 584. The zero-order valence-electron chi connectivity index (χ0n) is 10.2. The highest BCUT2D eigenvalue weighted by Crippen LogP contribution is 2.21. The first-order valence-electron chi connectivity index (χ1n) is 5.57. The molecule has 0 aliphatic heterocycles. The summed E-state index contributed by atoms with van der Waals surface area (Å²) in [6, 6.07) is 13.1. The van der Waals surface area contributed by atoms with Gasteiger partial charge in [0.15, 0.2) is 0 Å². The summed E-state index contributed by atoms with van der Waals surface area (Å²) < 4.78 is 6.23. The number of rotatable bonds is 4. The molecule has 2 aromatic carbocycles. The van der Waals surface area contributed by atoms with Crippen molar-refractivity contribution in [1.29, 1.82) is 0 Å². The standard InChI is InChI=1S/C14H12BrClN2O/c1-19-14-7-2-11(15)8-10(14)9-17-18-13-5-3-12(16)4-6-13/h2-9,18H,1H3/b17-9-. The van der Waals surface area contributed by atoms with E-state index in [2.05, 4.69) is 26.5 Å². The van der Waals surface area contributed by atoms with Gasteiger partial charge in [0.1, 0.15) is 5.75 Å². The van der Waals surface area contributed by atoms with Crippen molar-refractivity contribution < 1.29 is 4.74 Å². The van der Waals surface area contributed by atoms with Crippen LogP contribution in [0.2, 0.25) is 5.02 Å². The number of anilines is 1. The summed E-state index contributed by atoms with van der Waals surface area (Å²) in [4.78, 5) is 0. The Morgan fingerprint density at radius 1 is 1.21 bits per heavy atom. The summed E-state index contributed by atoms with van der Waals surface area (Å²) >= 11 is 9.23. The average molecular weight is 340 g/mol. The Morgan fingerprint density at radius 3 is 2.63 bits per heavy atom. The Hall–Kier alpha value is -1.52. The van der Waals surface area contributed by atoms with Crippen molar-refractivity contribution in [3.8, 4) is 5.75 Å². The van der Waals surface area contributed by atoms with Gasteiger partial charge in [-0.15, -0.1) is 0 Å². The molecule has 0 aliphatic rings. The van der Waals surface area contributed by atoms with Crippen LogP contribution in [0, 0.1) is 0 Å². The second-order valence-electron chi connectivity index (χ2n) is 3.76. The quantitative estimate of drug-likeness (QED) is 0.654. The number of hydrogen-bond donors (Lipinski definition) is 1. The Labute approximate surface area is 125 Å². The van der Waals surface area contributed by atoms with Crippen LogP contribution < -0.4 is 10.2 Å². The molecule has 0 aromatic heterocycles. The van der Waals surface area contributed by atoms with E-state index in [1.165, 1.54) is 0 Å². The SMILES string of the molecule is COc1ccc(Br)cc1/C=N\Nc1ccc(Cl)cc1. The lowest BCUT2D eigenvalue weighted by Gasteiger charge is -2.05. The van der Waals surface area contributed by atoms with Crippen molar-refractivity contribution in [2.75, 3.05) is 12.5 Å². The summed E-state index contributed by atoms with van der Waals surface area (Å²) in [6.45, 7) is 0. The monoisotopic (exact) mass is 338 g/mol. The van der Waals surface area contributed by atoms with E-state index in [1.54, 1.807) is 25.5 Å². The van der Waals surface area contributed by atoms with Crippen molar-refractivity contribution in [3.05, 3.63) is 57.5 Å². The van der Waals surface area contributed by atoms with Crippen molar-refractivity contribution in [3.63, 3.8) is 0 Å². The molecule has 0 radical (unpaired) electrons. The van der Waals surface area contributed by atoms with Gasteiger partial charge in [-0.25, -0.2) is 0 Å². The molecular formula is C14H12BrClN2O. The zero-order chi connectivity index (χ0) is 13.7. The van der Waals surface area contributed by atoms with Gasteiger partial charge in [0.25, 0.3) is 0 Å². The number of hydrazone groups is 1. The van der Waals surface area contributed by atoms with Crippen LogP contribution in [0.5, 0.6) is 5.75 Å². The molecule has 0 heterocycles. The van der Waals surface area contributed by atoms with Crippen LogP contribution in [0.4, 0.5) is 5.69 Å². The molecule has 2 rings (SSSR count). The van der Waals surface area contributed by atoms with E-state index in [4.69, 9.17) is 16.3 Å². The number of nitrogens with one attached hydrogen (secondary N) is 1. The van der Waals surface area contributed by atoms with Crippen LogP contribution in [0.15, 0.2) is 52.0 Å². The minimum atomic E-state index is 0.697. The largest absolute Gasteiger partial charge is 0.496 e. The minimum Gasteiger partial charge on any atom is -0.496 e. The highest BCUT2D eigenvalue weighted by atomic mass is 79.9. The molecule has 0 spiro atoms. The van der Waals surface area contributed by atoms with E-state index in [-0.39, 0.29) is 0 Å². The van der Waals surface area contributed by atoms with Gasteiger partial charge in [-0.1, -0.05) is 27.5 Å². The normalized spacial score (nSPS) is 10.7. The number of nitrogens with zero attached hydrogens (tertiary/aromatic N) is 1. The number of methoxy groups -OCH3 is 1. The van der Waals surface area contributed by atoms with E-state index >= 15 is 0 Å². The van der Waals surface area contributed by atoms with Gasteiger partial charge in [-0.3, -0.25) is 5.43 Å². The minimum absolute atomic E-state index is 0.697. The molecule has 0 atom stereocenters. The van der Waals surface area contributed by atoms with Gasteiger partial charge in [-0.05, 0) is 42.5 Å². The molecule has 1 N–H and O–H groups in total. The summed E-state index contributed by atoms with van der Waals surface area (Å²) in [5, 5.41) is 4.87. The van der Waals surface area contributed by atoms with E-state index in [0.29, 0.717) is 5.02 Å². The van der Waals surface area contributed by atoms with E-state index in [1.807, 2.05) is 30.3 Å². The van der Waals surface area contributed by atoms with Crippen LogP contribution in [-0.2, 0) is 0 Å². The number of hydrogen-bond acceptors (Lipinski definition) is 3. The van der Waals surface area contributed by atoms with Crippen LogP contribution >= 0.6 is 27.5 Å². The summed E-state index contributed by atoms with van der Waals surface area (Å²) in [6.07, 6.45) is 1.71. The average Bonchev–Trinajstić information content (AvgIpc) is 2.41. The maximum absolute atomic E-state index is 5.81. The number of benzene rings is 2. The predicted molar refractivity (Wildman–Crippen MR) is 83.4 cm³/mol. The fourth-order valence-electron chi connectivity index (χ4n) is 1.51. The summed E-state index contributed by atoms with van der Waals surface area (Å²) in [7, 11) is 1.63. The molecule has 0 bridgehead atoms. The first kappa shape index (κ1) is 13.9. The highest BCUT2D eigenvalue weighted by molar-refractivity contribution is 9.10. The van der Waals surface area contributed by atoms with Crippen LogP contribution in [0.1, 0.15) is 5.56 Å². The molecule has 2 aromatic rings. The van der Waals surface area contributed by atoms with Crippen molar-refractivity contribution >= 4 is 39.4 Å². The number of ether oxygens (including phenoxy) is 1. The number of halogens is 2. The fourth-order valence-corrected chi connectivity index (χ4v) is 2.01. The molecule has 0 saturated carbocycles. The topological polar surface area (TPSA) is 33.6 Å². The van der Waals surface area contributed by atoms with Gasteiger partial charge in [-0.2, -0.15) is 5.10 Å². The zero-order valence-corrected chi connectivity index (χ0v) is 12.6. The van der Waals surface area contributed by atoms with E-state index in [9.17, 15) is 0 Å². The third-order valence-electron chi connectivity index (χ3n) is 2.43. The first-order chi connectivity index (χ1) is 9.19. The lowest BCUT2D eigenvalue weighted by Crippen LogP contribution is -1.94. The molecule has 19 heavy (non-hydrogen) atoms. The molecule has 0 fully saturated rings. The lowest BCUT2D eigenvalue weighted by atomic mass is 10.2. The molecule has 5 heteroatoms. The van der Waals surface area contributed by atoms with Crippen LogP contribution in [0.25, 0.3) is 0 Å². The van der Waals surface area contributed by atoms with Crippen LogP contribution in [-0.4, -0.2) is 13.3 Å². The van der Waals surface area contributed by atoms with E-state index < -0.39 is 0 Å². The van der Waals surface area contributed by atoms with Gasteiger partial charge in [0, 0.05) is 15.1 Å². The van der Waals surface area contributed by atoms with Crippen molar-refractivity contribution in [2.24, 2.45) is 5.10 Å². The molecular weight excluding hydrogens is 328 g/mol. The second-order valence-corrected chi connectivity index (χ2v) is 5.12. The molecule has 0 amide bonds. The molecule has 0 aliphatic carbocycles. The highest BCUT2D eigenvalue weighted by Gasteiger charge is 2.00. The summed E-state index contributed by atoms with van der Waals surface area (Å²) in [5.41, 5.74) is 4.69. The van der Waals surface area contributed by atoms with E-state index in [0.717, 1.165) is 21.5 Å². The third-order valence-corrected chi connectivity index (χ3v) is 3.18. The lowest BCUT2D eigenvalue weighted by molar-refractivity contribution is 0.414. The van der Waals surface area contributed by atoms with Gasteiger partial charge < -0.3 is 4.74 Å². The van der Waals surface area contributed by atoms with Crippen molar-refractivity contribution in [1.82, 2.24) is 0 Å². The first-order valence-corrected chi connectivity index (χ1v) is 6.74. The Morgan fingerprint density at radius 2 is 1.95 bits per heavy atom. The van der Waals surface area contributed by atoms with Gasteiger partial charge in [0.05, 0.1) is 19.0 Å². The van der Waals surface area contributed by atoms with Gasteiger partial charge >= 0.3 is 0 Å². The maximum atomic E-state index is 5.81. The third kappa shape index (κ3) is 3.98. The smallest absolute Gasteiger partial charge is 0.127 e. The molecule has 98 valence electrons. The molecule has 0 saturated heterocycles. The second kappa shape index (κ2) is 6.59. The Kier molecular flexibility index (Phi) is 4.82. The van der Waals surface area contributed by atoms with Crippen LogP contribution in [0.3, 0.4) is 0 Å². The fraction of sp³-hybridized carbons (Fsp3) is 0.0714. The van der Waals surface area contributed by atoms with Crippen molar-refractivity contribution in [2.45, 2.75) is 0 Å². The van der Waals surface area contributed by atoms with Gasteiger partial charge in [0.2, 0.25) is 0 Å². The maximum Gasteiger partial charge on any atom is 0.127 e. The Balaban J connectivity index is 2.10.